The quantitative estimate of drug-likeness (QED) is 0.358. The molecule has 0 spiro atoms. The predicted octanol–water partition coefficient (Wildman–Crippen LogP) is -1.07. The average molecular weight is 201 g/mol. The van der Waals surface area contributed by atoms with Crippen molar-refractivity contribution in [3.63, 3.8) is 0 Å². The zero-order chi connectivity index (χ0) is 11.1. The molecule has 0 saturated carbocycles. The summed E-state index contributed by atoms with van der Waals surface area (Å²) < 4.78 is 0. The summed E-state index contributed by atoms with van der Waals surface area (Å²) in [6.07, 6.45) is 2.07. The van der Waals surface area contributed by atoms with Gasteiger partial charge in [-0.25, -0.2) is 0 Å². The molecule has 82 valence electrons. The number of hydrogen-bond donors (Lipinski definition) is 3. The standard InChI is InChI=1S/C9H19N3O2/c1-6(11)8(13)9(14)7(12)4-2-3-5-10/h6-7H,2-5,10-12H2,1H3/t6-,7-/m0/s1. The van der Waals surface area contributed by atoms with Crippen molar-refractivity contribution in [1.29, 1.82) is 0 Å². The zero-order valence-corrected chi connectivity index (χ0v) is 8.53. The Morgan fingerprint density at radius 1 is 1.14 bits per heavy atom. The van der Waals surface area contributed by atoms with Crippen LogP contribution in [0.15, 0.2) is 0 Å². The Morgan fingerprint density at radius 2 is 1.71 bits per heavy atom. The number of Topliss-reactive ketones (excluding diaryl/α,β-unsaturated/α-hetero) is 2. The van der Waals surface area contributed by atoms with Crippen molar-refractivity contribution in [3.05, 3.63) is 0 Å². The summed E-state index contributed by atoms with van der Waals surface area (Å²) in [5.74, 6) is -1.16. The van der Waals surface area contributed by atoms with E-state index in [0.29, 0.717) is 13.0 Å². The number of carbonyl (C=O) groups excluding carboxylic acids is 2. The van der Waals surface area contributed by atoms with Crippen molar-refractivity contribution >= 4 is 11.6 Å². The molecule has 0 amide bonds. The number of ketones is 2. The smallest absolute Gasteiger partial charge is 0.216 e. The maximum Gasteiger partial charge on any atom is 0.216 e. The Bertz CT molecular complexity index is 204. The molecule has 0 radical (unpaired) electrons. The minimum atomic E-state index is -0.761. The lowest BCUT2D eigenvalue weighted by molar-refractivity contribution is -0.137. The highest BCUT2D eigenvalue weighted by molar-refractivity contribution is 6.40. The molecule has 0 unspecified atom stereocenters. The topological polar surface area (TPSA) is 112 Å². The van der Waals surface area contributed by atoms with Gasteiger partial charge in [0.1, 0.15) is 0 Å². The third-order valence-corrected chi connectivity index (χ3v) is 1.96. The number of unbranched alkanes of at least 4 members (excludes halogenated alkanes) is 1. The fraction of sp³-hybridized carbons (Fsp3) is 0.778. The van der Waals surface area contributed by atoms with Crippen LogP contribution in [0.3, 0.4) is 0 Å². The zero-order valence-electron chi connectivity index (χ0n) is 8.53. The van der Waals surface area contributed by atoms with Crippen LogP contribution in [0, 0.1) is 0 Å². The predicted molar refractivity (Wildman–Crippen MR) is 54.5 cm³/mol. The second-order valence-electron chi connectivity index (χ2n) is 3.41. The summed E-state index contributed by atoms with van der Waals surface area (Å²) in [6, 6.07) is -1.48. The van der Waals surface area contributed by atoms with E-state index in [9.17, 15) is 9.59 Å². The molecule has 0 rings (SSSR count). The highest BCUT2D eigenvalue weighted by Gasteiger charge is 2.23. The van der Waals surface area contributed by atoms with Gasteiger partial charge in [0.05, 0.1) is 12.1 Å². The first-order valence-corrected chi connectivity index (χ1v) is 4.80. The van der Waals surface area contributed by atoms with Crippen LogP contribution >= 0.6 is 0 Å². The first kappa shape index (κ1) is 13.2. The molecule has 0 fully saturated rings. The van der Waals surface area contributed by atoms with Gasteiger partial charge in [-0.1, -0.05) is 6.42 Å². The van der Waals surface area contributed by atoms with Gasteiger partial charge < -0.3 is 17.2 Å². The third kappa shape index (κ3) is 4.45. The van der Waals surface area contributed by atoms with E-state index < -0.39 is 23.7 Å². The maximum absolute atomic E-state index is 11.3. The van der Waals surface area contributed by atoms with E-state index in [1.807, 2.05) is 0 Å². The largest absolute Gasteiger partial charge is 0.330 e. The van der Waals surface area contributed by atoms with Gasteiger partial charge in [-0.05, 0) is 26.3 Å². The van der Waals surface area contributed by atoms with Gasteiger partial charge in [0, 0.05) is 0 Å². The van der Waals surface area contributed by atoms with Crippen molar-refractivity contribution in [3.8, 4) is 0 Å². The van der Waals surface area contributed by atoms with Crippen LogP contribution in [-0.2, 0) is 9.59 Å². The second-order valence-corrected chi connectivity index (χ2v) is 3.41. The number of nitrogens with two attached hydrogens (primary N) is 3. The Hall–Kier alpha value is -0.780. The molecule has 0 aliphatic heterocycles. The molecular formula is C9H19N3O2. The van der Waals surface area contributed by atoms with Crippen molar-refractivity contribution in [2.75, 3.05) is 6.54 Å². The summed E-state index contributed by atoms with van der Waals surface area (Å²) in [4.78, 5) is 22.4. The summed E-state index contributed by atoms with van der Waals surface area (Å²) in [5, 5.41) is 0. The number of rotatable bonds is 7. The Morgan fingerprint density at radius 3 is 2.14 bits per heavy atom. The van der Waals surface area contributed by atoms with E-state index >= 15 is 0 Å². The van der Waals surface area contributed by atoms with Crippen LogP contribution in [0.2, 0.25) is 0 Å². The second kappa shape index (κ2) is 6.64. The lowest BCUT2D eigenvalue weighted by Gasteiger charge is -2.10. The molecule has 5 nitrogen and oxygen atoms in total. The van der Waals surface area contributed by atoms with Crippen LogP contribution in [0.25, 0.3) is 0 Å². The normalized spacial score (nSPS) is 14.9. The monoisotopic (exact) mass is 201 g/mol. The van der Waals surface area contributed by atoms with E-state index in [1.54, 1.807) is 0 Å². The molecule has 14 heavy (non-hydrogen) atoms. The van der Waals surface area contributed by atoms with Crippen molar-refractivity contribution < 1.29 is 9.59 Å². The van der Waals surface area contributed by atoms with Crippen LogP contribution in [0.4, 0.5) is 0 Å². The highest BCUT2D eigenvalue weighted by atomic mass is 16.2. The first-order chi connectivity index (χ1) is 6.50. The number of hydrogen-bond acceptors (Lipinski definition) is 5. The molecule has 2 atom stereocenters. The molecule has 0 aliphatic carbocycles. The molecule has 0 aromatic rings. The molecule has 0 bridgehead atoms. The minimum Gasteiger partial charge on any atom is -0.330 e. The van der Waals surface area contributed by atoms with Crippen LogP contribution < -0.4 is 17.2 Å². The van der Waals surface area contributed by atoms with E-state index in [0.717, 1.165) is 12.8 Å². The molecule has 6 N–H and O–H groups in total. The molecule has 5 heteroatoms. The van der Waals surface area contributed by atoms with E-state index in [-0.39, 0.29) is 0 Å². The van der Waals surface area contributed by atoms with Crippen LogP contribution in [-0.4, -0.2) is 30.2 Å². The van der Waals surface area contributed by atoms with Gasteiger partial charge in [0.15, 0.2) is 0 Å². The summed E-state index contributed by atoms with van der Waals surface area (Å²) >= 11 is 0. The van der Waals surface area contributed by atoms with Gasteiger partial charge in [-0.3, -0.25) is 9.59 Å². The van der Waals surface area contributed by atoms with Crippen molar-refractivity contribution in [2.45, 2.75) is 38.3 Å². The Kier molecular flexibility index (Phi) is 6.27. The molecule has 0 aromatic carbocycles. The highest BCUT2D eigenvalue weighted by Crippen LogP contribution is 2.00. The van der Waals surface area contributed by atoms with E-state index in [1.165, 1.54) is 6.92 Å². The van der Waals surface area contributed by atoms with Gasteiger partial charge >= 0.3 is 0 Å². The lowest BCUT2D eigenvalue weighted by Crippen LogP contribution is -2.43. The summed E-state index contributed by atoms with van der Waals surface area (Å²) in [5.41, 5.74) is 16.1. The third-order valence-electron chi connectivity index (χ3n) is 1.96. The number of carbonyl (C=O) groups is 2. The minimum absolute atomic E-state index is 0.495. The lowest BCUT2D eigenvalue weighted by atomic mass is 10.0. The van der Waals surface area contributed by atoms with Crippen LogP contribution in [0.5, 0.6) is 0 Å². The van der Waals surface area contributed by atoms with Crippen LogP contribution in [0.1, 0.15) is 26.2 Å². The summed E-state index contributed by atoms with van der Waals surface area (Å²) in [6.45, 7) is 2.05. The van der Waals surface area contributed by atoms with Gasteiger partial charge in [-0.2, -0.15) is 0 Å². The molecule has 0 saturated heterocycles. The Labute approximate surface area is 84.0 Å². The van der Waals surface area contributed by atoms with Gasteiger partial charge in [0.2, 0.25) is 11.6 Å². The van der Waals surface area contributed by atoms with Crippen molar-refractivity contribution in [1.82, 2.24) is 0 Å². The average Bonchev–Trinajstić information content (AvgIpc) is 2.15. The SMILES string of the molecule is C[C@H](N)C(=O)C(=O)[C@@H](N)CCCCN. The van der Waals surface area contributed by atoms with Crippen molar-refractivity contribution in [2.24, 2.45) is 17.2 Å². The fourth-order valence-corrected chi connectivity index (χ4v) is 1.05. The fourth-order valence-electron chi connectivity index (χ4n) is 1.05. The summed E-state index contributed by atoms with van der Waals surface area (Å²) in [7, 11) is 0. The van der Waals surface area contributed by atoms with Gasteiger partial charge in [0.25, 0.3) is 0 Å². The van der Waals surface area contributed by atoms with E-state index in [2.05, 4.69) is 0 Å². The molecule has 0 aliphatic rings. The molecule has 0 aromatic heterocycles. The molecular weight excluding hydrogens is 182 g/mol. The Balaban J connectivity index is 3.93. The first-order valence-electron chi connectivity index (χ1n) is 4.80. The maximum atomic E-state index is 11.3. The molecule has 0 heterocycles. The van der Waals surface area contributed by atoms with Gasteiger partial charge in [-0.15, -0.1) is 0 Å². The van der Waals surface area contributed by atoms with E-state index in [4.69, 9.17) is 17.2 Å².